The first-order valence-corrected chi connectivity index (χ1v) is 22.8. The molecular formula is C43H60O2S4. The Balaban J connectivity index is 1.50. The Morgan fingerprint density at radius 1 is 0.469 bits per heavy atom. The molecule has 268 valence electrons. The summed E-state index contributed by atoms with van der Waals surface area (Å²) in [5.41, 5.74) is 5.40. The van der Waals surface area contributed by atoms with Crippen molar-refractivity contribution in [1.29, 1.82) is 0 Å². The Morgan fingerprint density at radius 3 is 1.20 bits per heavy atom. The average Bonchev–Trinajstić information content (AvgIpc) is 3.92. The van der Waals surface area contributed by atoms with Crippen LogP contribution in [0.15, 0.2) is 35.0 Å². The third-order valence-corrected chi connectivity index (χ3v) is 14.2. The van der Waals surface area contributed by atoms with Crippen LogP contribution in [0.4, 0.5) is 0 Å². The molecule has 6 heteroatoms. The molecule has 0 spiro atoms. The van der Waals surface area contributed by atoms with E-state index < -0.39 is 0 Å². The van der Waals surface area contributed by atoms with Crippen molar-refractivity contribution < 1.29 is 9.59 Å². The van der Waals surface area contributed by atoms with Crippen molar-refractivity contribution in [1.82, 2.24) is 0 Å². The molecule has 0 atom stereocenters. The fourth-order valence-corrected chi connectivity index (χ4v) is 11.0. The summed E-state index contributed by atoms with van der Waals surface area (Å²) in [5, 5.41) is 4.62. The highest BCUT2D eigenvalue weighted by atomic mass is 32.1. The maximum atomic E-state index is 13.8. The zero-order chi connectivity index (χ0) is 34.8. The average molecular weight is 737 g/mol. The van der Waals surface area contributed by atoms with E-state index in [2.05, 4.69) is 62.7 Å². The number of unbranched alkanes of at least 4 members (excludes halogenated alkanes) is 12. The number of carbonyl (C=O) groups is 2. The number of rotatable bonds is 26. The Labute approximate surface area is 313 Å². The van der Waals surface area contributed by atoms with E-state index in [0.717, 1.165) is 48.3 Å². The first kappa shape index (κ1) is 39.9. The first-order valence-electron chi connectivity index (χ1n) is 19.4. The van der Waals surface area contributed by atoms with Crippen LogP contribution in [0.25, 0.3) is 19.5 Å². The van der Waals surface area contributed by atoms with Crippen LogP contribution in [-0.4, -0.2) is 11.6 Å². The minimum atomic E-state index is -0.0509. The van der Waals surface area contributed by atoms with Gasteiger partial charge in [0.15, 0.2) is 11.6 Å². The van der Waals surface area contributed by atoms with Crippen LogP contribution in [0.5, 0.6) is 0 Å². The molecule has 49 heavy (non-hydrogen) atoms. The third kappa shape index (κ3) is 12.7. The molecule has 0 aliphatic carbocycles. The number of carbonyl (C=O) groups excluding carboxylic acids is 2. The van der Waals surface area contributed by atoms with E-state index in [-0.39, 0.29) is 18.0 Å². The van der Waals surface area contributed by atoms with Gasteiger partial charge in [-0.15, -0.1) is 45.3 Å². The van der Waals surface area contributed by atoms with Crippen LogP contribution in [0.2, 0.25) is 0 Å². The van der Waals surface area contributed by atoms with E-state index in [0.29, 0.717) is 0 Å². The van der Waals surface area contributed by atoms with Crippen LogP contribution >= 0.6 is 45.3 Å². The van der Waals surface area contributed by atoms with Crippen molar-refractivity contribution in [2.45, 2.75) is 163 Å². The van der Waals surface area contributed by atoms with Gasteiger partial charge in [0.2, 0.25) is 0 Å². The minimum Gasteiger partial charge on any atom is -0.293 e. The van der Waals surface area contributed by atoms with Crippen molar-refractivity contribution in [3.05, 3.63) is 67.0 Å². The molecule has 4 aromatic rings. The Bertz CT molecular complexity index is 1430. The topological polar surface area (TPSA) is 34.1 Å². The summed E-state index contributed by atoms with van der Waals surface area (Å²) in [6.07, 6.45) is 24.0. The summed E-state index contributed by atoms with van der Waals surface area (Å²) in [7, 11) is 0. The second-order valence-corrected chi connectivity index (χ2v) is 17.8. The molecule has 4 heterocycles. The van der Waals surface area contributed by atoms with Gasteiger partial charge in [-0.05, 0) is 109 Å². The zero-order valence-electron chi connectivity index (χ0n) is 30.8. The van der Waals surface area contributed by atoms with Gasteiger partial charge in [-0.2, -0.15) is 0 Å². The van der Waals surface area contributed by atoms with Crippen LogP contribution in [0.1, 0.15) is 178 Å². The molecule has 0 amide bonds. The van der Waals surface area contributed by atoms with Gasteiger partial charge in [0.05, 0.1) is 16.2 Å². The molecule has 0 aromatic carbocycles. The van der Waals surface area contributed by atoms with E-state index in [1.54, 1.807) is 22.7 Å². The van der Waals surface area contributed by atoms with Gasteiger partial charge in [-0.3, -0.25) is 9.59 Å². The number of thiophene rings is 4. The van der Waals surface area contributed by atoms with Gasteiger partial charge in [0, 0.05) is 19.5 Å². The summed E-state index contributed by atoms with van der Waals surface area (Å²) in [4.78, 5) is 34.1. The molecule has 0 N–H and O–H groups in total. The zero-order valence-corrected chi connectivity index (χ0v) is 34.0. The van der Waals surface area contributed by atoms with Crippen LogP contribution < -0.4 is 0 Å². The summed E-state index contributed by atoms with van der Waals surface area (Å²) in [6.45, 7) is 9.01. The molecule has 4 aromatic heterocycles. The van der Waals surface area contributed by atoms with E-state index in [1.807, 2.05) is 22.7 Å². The highest BCUT2D eigenvalue weighted by Gasteiger charge is 2.23. The fourth-order valence-electron chi connectivity index (χ4n) is 6.49. The predicted molar refractivity (Wildman–Crippen MR) is 220 cm³/mol. The quantitative estimate of drug-likeness (QED) is 0.0365. The second-order valence-electron chi connectivity index (χ2n) is 13.8. The Morgan fingerprint density at radius 2 is 0.837 bits per heavy atom. The van der Waals surface area contributed by atoms with E-state index in [4.69, 9.17) is 0 Å². The molecule has 0 aliphatic rings. The predicted octanol–water partition coefficient (Wildman–Crippen LogP) is 15.2. The van der Waals surface area contributed by atoms with Crippen molar-refractivity contribution >= 4 is 56.9 Å². The van der Waals surface area contributed by atoms with Gasteiger partial charge < -0.3 is 0 Å². The molecule has 0 unspecified atom stereocenters. The first-order chi connectivity index (χ1) is 24.0. The van der Waals surface area contributed by atoms with Crippen molar-refractivity contribution in [2.75, 3.05) is 0 Å². The van der Waals surface area contributed by atoms with Crippen LogP contribution in [0.3, 0.4) is 0 Å². The monoisotopic (exact) mass is 736 g/mol. The lowest BCUT2D eigenvalue weighted by atomic mass is 10.0. The molecular weight excluding hydrogens is 677 g/mol. The highest BCUT2D eigenvalue weighted by molar-refractivity contribution is 7.23. The molecule has 2 nitrogen and oxygen atoms in total. The molecule has 0 saturated heterocycles. The van der Waals surface area contributed by atoms with Crippen molar-refractivity contribution in [2.24, 2.45) is 0 Å². The third-order valence-electron chi connectivity index (χ3n) is 9.48. The lowest BCUT2D eigenvalue weighted by molar-refractivity contribution is 0.0898. The van der Waals surface area contributed by atoms with Gasteiger partial charge in [-0.1, -0.05) is 105 Å². The normalized spacial score (nSPS) is 11.5. The molecule has 0 radical (unpaired) electrons. The number of hydrogen-bond acceptors (Lipinski definition) is 6. The summed E-state index contributed by atoms with van der Waals surface area (Å²) in [6, 6.07) is 8.95. The smallest absolute Gasteiger partial charge is 0.180 e. The van der Waals surface area contributed by atoms with E-state index in [9.17, 15) is 9.59 Å². The lowest BCUT2D eigenvalue weighted by Crippen LogP contribution is -2.06. The number of ketones is 2. The maximum Gasteiger partial charge on any atom is 0.180 e. The molecule has 0 saturated carbocycles. The van der Waals surface area contributed by atoms with Crippen molar-refractivity contribution in [3.63, 3.8) is 0 Å². The summed E-state index contributed by atoms with van der Waals surface area (Å²) in [5.74, 6) is -0.0605. The number of Topliss-reactive ketones (excluding diaryl/α,β-unsaturated/α-hetero) is 2. The highest BCUT2D eigenvalue weighted by Crippen LogP contribution is 2.41. The number of aryl methyl sites for hydroxylation is 4. The molecule has 4 rings (SSSR count). The van der Waals surface area contributed by atoms with Gasteiger partial charge in [-0.25, -0.2) is 0 Å². The SMILES string of the molecule is CCCCCCc1csc(-c2sc(C(=O)CC(=O)c3cc(CCCCCC)c(-c4cc(CCCCCC)cs4)s3)cc2CCCCCC)c1. The number of hydrogen-bond donors (Lipinski definition) is 0. The standard InChI is InChI=1S/C43H60O2S4/c1-5-9-13-17-21-32-25-40(46-30-32)42-34(23-19-15-11-7-3)27-38(48-42)36(44)29-37(45)39-28-35(24-20-16-12-8-4)43(49-39)41-26-33(31-47-41)22-18-14-10-6-2/h25-28,30-31H,5-24,29H2,1-4H3. The Hall–Kier alpha value is -1.86. The Kier molecular flexibility index (Phi) is 18.1. The molecule has 0 fully saturated rings. The van der Waals surface area contributed by atoms with E-state index in [1.165, 1.54) is 132 Å². The summed E-state index contributed by atoms with van der Waals surface area (Å²) >= 11 is 6.86. The van der Waals surface area contributed by atoms with E-state index >= 15 is 0 Å². The van der Waals surface area contributed by atoms with Gasteiger partial charge >= 0.3 is 0 Å². The van der Waals surface area contributed by atoms with Crippen LogP contribution in [0, 0.1) is 0 Å². The molecule has 0 bridgehead atoms. The largest absolute Gasteiger partial charge is 0.293 e. The minimum absolute atomic E-state index is 0.0302. The second kappa shape index (κ2) is 22.2. The molecule has 0 aliphatic heterocycles. The lowest BCUT2D eigenvalue weighted by Gasteiger charge is -2.02. The van der Waals surface area contributed by atoms with Crippen molar-refractivity contribution in [3.8, 4) is 19.5 Å². The van der Waals surface area contributed by atoms with Crippen LogP contribution in [-0.2, 0) is 25.7 Å². The van der Waals surface area contributed by atoms with Gasteiger partial charge in [0.1, 0.15) is 0 Å². The summed E-state index contributed by atoms with van der Waals surface area (Å²) < 4.78 is 0. The van der Waals surface area contributed by atoms with Gasteiger partial charge in [0.25, 0.3) is 0 Å². The maximum absolute atomic E-state index is 13.8. The fraction of sp³-hybridized carbons (Fsp3) is 0.581.